The van der Waals surface area contributed by atoms with Crippen molar-refractivity contribution >= 4 is 71.3 Å². The summed E-state index contributed by atoms with van der Waals surface area (Å²) in [5, 5.41) is 10.9. The lowest BCUT2D eigenvalue weighted by molar-refractivity contribution is 0.601. The fourth-order valence-corrected chi connectivity index (χ4v) is 10.4. The maximum Gasteiger partial charge on any atom is 0.135 e. The molecule has 0 saturated carbocycles. The lowest BCUT2D eigenvalue weighted by Crippen LogP contribution is -1.99. The largest absolute Gasteiger partial charge is 0.456 e. The number of hydrogen-bond acceptors (Lipinski definition) is 2. The number of fused-ring (bicyclic) bond motifs is 18. The molecule has 0 atom stereocenters. The van der Waals surface area contributed by atoms with E-state index in [-0.39, 0.29) is 0 Å². The summed E-state index contributed by atoms with van der Waals surface area (Å²) in [7, 11) is 0. The number of rotatable bonds is 4. The fourth-order valence-electron chi connectivity index (χ4n) is 10.4. The van der Waals surface area contributed by atoms with Crippen LogP contribution in [0.5, 0.6) is 0 Å². The van der Waals surface area contributed by atoms with Gasteiger partial charge in [0.1, 0.15) is 22.5 Å². The van der Waals surface area contributed by atoms with Crippen molar-refractivity contribution in [3.8, 4) is 66.8 Å². The SMILES string of the molecule is C=C/C=C\c1oc2ccc(-c3ccc4c(c3)-c3ccccc3-c3ccc(-c5ccc6oc7ccccc7c6c5)cc3-c3cc5c6ccccc6c6ccccc6c5cc3-4)cc2c1C. The lowest BCUT2D eigenvalue weighted by Gasteiger charge is -2.25. The molecule has 0 unspecified atom stereocenters. The second-order valence-electron chi connectivity index (χ2n) is 16.8. The number of hydrogen-bond donors (Lipinski definition) is 0. The van der Waals surface area contributed by atoms with Crippen LogP contribution in [0, 0.1) is 6.92 Å². The smallest absolute Gasteiger partial charge is 0.135 e. The first-order valence-electron chi connectivity index (χ1n) is 21.6. The van der Waals surface area contributed by atoms with Crippen LogP contribution >= 0.6 is 0 Å². The third-order valence-corrected chi connectivity index (χ3v) is 13.4. The van der Waals surface area contributed by atoms with E-state index in [2.05, 4.69) is 183 Å². The molecule has 2 aromatic heterocycles. The number of furan rings is 2. The summed E-state index contributed by atoms with van der Waals surface area (Å²) in [6, 6.07) is 67.2. The minimum absolute atomic E-state index is 0.857. The highest BCUT2D eigenvalue weighted by Gasteiger charge is 2.25. The Hall–Kier alpha value is -8.20. The maximum absolute atomic E-state index is 6.25. The first kappa shape index (κ1) is 35.5. The summed E-state index contributed by atoms with van der Waals surface area (Å²) in [5.74, 6) is 0.857. The van der Waals surface area contributed by atoms with E-state index < -0.39 is 0 Å². The first-order chi connectivity index (χ1) is 31.1. The van der Waals surface area contributed by atoms with Gasteiger partial charge in [-0.15, -0.1) is 0 Å². The van der Waals surface area contributed by atoms with Crippen molar-refractivity contribution in [3.05, 3.63) is 212 Å². The highest BCUT2D eigenvalue weighted by atomic mass is 16.3. The minimum Gasteiger partial charge on any atom is -0.456 e. The van der Waals surface area contributed by atoms with E-state index in [0.29, 0.717) is 0 Å². The van der Waals surface area contributed by atoms with Crippen LogP contribution < -0.4 is 0 Å². The molecule has 1 aliphatic rings. The van der Waals surface area contributed by atoms with Gasteiger partial charge in [0.2, 0.25) is 0 Å². The van der Waals surface area contributed by atoms with Crippen molar-refractivity contribution in [1.82, 2.24) is 0 Å². The van der Waals surface area contributed by atoms with Gasteiger partial charge in [0, 0.05) is 21.7 Å². The second-order valence-corrected chi connectivity index (χ2v) is 16.8. The Kier molecular flexibility index (Phi) is 7.71. The molecular weight excluding hydrogens is 765 g/mol. The minimum atomic E-state index is 0.857. The van der Waals surface area contributed by atoms with Gasteiger partial charge >= 0.3 is 0 Å². The van der Waals surface area contributed by atoms with Gasteiger partial charge in [-0.3, -0.25) is 0 Å². The van der Waals surface area contributed by atoms with Crippen LogP contribution in [-0.4, -0.2) is 0 Å². The maximum atomic E-state index is 6.25. The Morgan fingerprint density at radius 1 is 0.333 bits per heavy atom. The number of allylic oxidation sites excluding steroid dienone is 2. The predicted molar refractivity (Wildman–Crippen MR) is 266 cm³/mol. The first-order valence-corrected chi connectivity index (χ1v) is 21.6. The van der Waals surface area contributed by atoms with E-state index in [1.54, 1.807) is 6.08 Å². The molecule has 12 aromatic rings. The van der Waals surface area contributed by atoms with Crippen LogP contribution in [0.1, 0.15) is 11.3 Å². The molecule has 2 nitrogen and oxygen atoms in total. The Labute approximate surface area is 364 Å². The Morgan fingerprint density at radius 2 is 0.746 bits per heavy atom. The van der Waals surface area contributed by atoms with Gasteiger partial charge in [-0.05, 0) is 167 Å². The zero-order valence-corrected chi connectivity index (χ0v) is 34.6. The van der Waals surface area contributed by atoms with Gasteiger partial charge in [0.15, 0.2) is 0 Å². The highest BCUT2D eigenvalue weighted by Crippen LogP contribution is 2.52. The van der Waals surface area contributed by atoms with Gasteiger partial charge < -0.3 is 8.83 Å². The number of benzene rings is 10. The van der Waals surface area contributed by atoms with Crippen LogP contribution in [0.15, 0.2) is 210 Å². The highest BCUT2D eigenvalue weighted by molar-refractivity contribution is 6.27. The standard InChI is InChI=1S/C61H38O2/c1-3-4-20-58-36(2)50-30-39(24-28-60(50)62-58)37-23-27-48-51(31-37)44-16-8-7-15-43(44)47-26-22-38(40-25-29-61-57(33-40)49-19-11-12-21-59(49)63-61)32-52(47)56-35-54-46-18-10-6-14-42(46)41-13-5-9-17-45(41)53(54)34-55(48)56/h3-35H,1H2,2H3/b20-4-,47-43?,51-44?,55-48?,56-52?. The molecule has 2 heterocycles. The van der Waals surface area contributed by atoms with Crippen molar-refractivity contribution in [2.45, 2.75) is 6.92 Å². The van der Waals surface area contributed by atoms with Crippen molar-refractivity contribution in [1.29, 1.82) is 0 Å². The molecule has 1 aliphatic carbocycles. The lowest BCUT2D eigenvalue weighted by atomic mass is 9.78. The topological polar surface area (TPSA) is 26.3 Å². The number of aryl methyl sites for hydroxylation is 1. The fraction of sp³-hybridized carbons (Fsp3) is 0.0164. The molecule has 0 radical (unpaired) electrons. The molecule has 0 aliphatic heterocycles. The summed E-state index contributed by atoms with van der Waals surface area (Å²) in [6.07, 6.45) is 5.68. The summed E-state index contributed by atoms with van der Waals surface area (Å²) in [4.78, 5) is 0. The summed E-state index contributed by atoms with van der Waals surface area (Å²) < 4.78 is 12.5. The van der Waals surface area contributed by atoms with Gasteiger partial charge in [-0.2, -0.15) is 0 Å². The summed E-state index contributed by atoms with van der Waals surface area (Å²) >= 11 is 0. The van der Waals surface area contributed by atoms with Crippen LogP contribution in [0.2, 0.25) is 0 Å². The molecule has 0 amide bonds. The molecular formula is C61H38O2. The zero-order valence-electron chi connectivity index (χ0n) is 34.6. The van der Waals surface area contributed by atoms with Crippen LogP contribution in [0.3, 0.4) is 0 Å². The molecule has 0 saturated heterocycles. The van der Waals surface area contributed by atoms with E-state index in [1.165, 1.54) is 76.8 Å². The molecule has 294 valence electrons. The Morgan fingerprint density at radius 3 is 1.38 bits per heavy atom. The quantitative estimate of drug-likeness (QED) is 0.131. The molecule has 0 fully saturated rings. The van der Waals surface area contributed by atoms with Gasteiger partial charge in [-0.25, -0.2) is 0 Å². The molecule has 63 heavy (non-hydrogen) atoms. The summed E-state index contributed by atoms with van der Waals surface area (Å²) in [6.45, 7) is 5.97. The molecule has 10 aromatic carbocycles. The molecule has 0 bridgehead atoms. The Bertz CT molecular complexity index is 3940. The third-order valence-electron chi connectivity index (χ3n) is 13.4. The van der Waals surface area contributed by atoms with Gasteiger partial charge in [0.25, 0.3) is 0 Å². The van der Waals surface area contributed by atoms with E-state index in [9.17, 15) is 0 Å². The van der Waals surface area contributed by atoms with E-state index in [1.807, 2.05) is 24.3 Å². The van der Waals surface area contributed by atoms with E-state index in [4.69, 9.17) is 8.83 Å². The second kappa shape index (κ2) is 13.7. The monoisotopic (exact) mass is 802 g/mol. The third kappa shape index (κ3) is 5.38. The molecule has 0 N–H and O–H groups in total. The van der Waals surface area contributed by atoms with Crippen molar-refractivity contribution in [3.63, 3.8) is 0 Å². The van der Waals surface area contributed by atoms with Crippen molar-refractivity contribution < 1.29 is 8.83 Å². The zero-order chi connectivity index (χ0) is 41.8. The van der Waals surface area contributed by atoms with Crippen LogP contribution in [-0.2, 0) is 0 Å². The average molecular weight is 803 g/mol. The summed E-state index contributed by atoms with van der Waals surface area (Å²) in [5.41, 5.74) is 18.1. The van der Waals surface area contributed by atoms with Crippen LogP contribution in [0.4, 0.5) is 0 Å². The van der Waals surface area contributed by atoms with E-state index >= 15 is 0 Å². The van der Waals surface area contributed by atoms with E-state index in [0.717, 1.165) is 66.5 Å². The number of para-hydroxylation sites is 1. The predicted octanol–water partition coefficient (Wildman–Crippen LogP) is 17.6. The van der Waals surface area contributed by atoms with Gasteiger partial charge in [0.05, 0.1) is 0 Å². The Balaban J connectivity index is 1.10. The van der Waals surface area contributed by atoms with Crippen LogP contribution in [0.25, 0.3) is 138 Å². The van der Waals surface area contributed by atoms with Crippen molar-refractivity contribution in [2.24, 2.45) is 0 Å². The molecule has 0 spiro atoms. The normalized spacial score (nSPS) is 12.2. The van der Waals surface area contributed by atoms with Crippen molar-refractivity contribution in [2.75, 3.05) is 0 Å². The molecule has 2 heteroatoms. The molecule has 13 rings (SSSR count). The average Bonchev–Trinajstić information content (AvgIpc) is 3.88. The van der Waals surface area contributed by atoms with Gasteiger partial charge in [-0.1, -0.05) is 146 Å².